The predicted octanol–water partition coefficient (Wildman–Crippen LogP) is 4.09. The highest BCUT2D eigenvalue weighted by atomic mass is 79.9. The van der Waals surface area contributed by atoms with Gasteiger partial charge in [-0.3, -0.25) is 4.79 Å². The van der Waals surface area contributed by atoms with Crippen LogP contribution in [0, 0.1) is 5.92 Å². The minimum absolute atomic E-state index is 0.327. The van der Waals surface area contributed by atoms with E-state index in [2.05, 4.69) is 33.2 Å². The smallest absolute Gasteiger partial charge is 0.341 e. The summed E-state index contributed by atoms with van der Waals surface area (Å²) < 4.78 is 6.32. The summed E-state index contributed by atoms with van der Waals surface area (Å²) in [5.41, 5.74) is 0.499. The third-order valence-electron chi connectivity index (χ3n) is 3.49. The van der Waals surface area contributed by atoms with Gasteiger partial charge in [-0.1, -0.05) is 19.8 Å². The number of rotatable bonds is 6. The lowest BCUT2D eigenvalue weighted by molar-refractivity contribution is -0.147. The van der Waals surface area contributed by atoms with Crippen molar-refractivity contribution >= 4 is 45.0 Å². The van der Waals surface area contributed by atoms with E-state index >= 15 is 0 Å². The summed E-state index contributed by atoms with van der Waals surface area (Å²) in [7, 11) is 0. The zero-order valence-corrected chi connectivity index (χ0v) is 15.0. The van der Waals surface area contributed by atoms with Gasteiger partial charge >= 0.3 is 12.0 Å². The Bertz CT molecular complexity index is 585. The van der Waals surface area contributed by atoms with E-state index in [-0.39, 0.29) is 5.97 Å². The number of carbonyl (C=O) groups is 2. The van der Waals surface area contributed by atoms with Crippen LogP contribution >= 0.6 is 27.3 Å². The maximum absolute atomic E-state index is 12.4. The zero-order valence-electron chi connectivity index (χ0n) is 12.6. The highest BCUT2D eigenvalue weighted by molar-refractivity contribution is 9.11. The Balaban J connectivity index is 2.14. The third kappa shape index (κ3) is 4.16. The van der Waals surface area contributed by atoms with E-state index in [0.29, 0.717) is 12.3 Å². The number of carbonyl (C=O) groups excluding carboxylic acids is 2. The summed E-state index contributed by atoms with van der Waals surface area (Å²) in [5, 5.41) is 2.77. The number of nitrogens with one attached hydrogen (secondary N) is 1. The molecule has 2 rings (SSSR count). The maximum Gasteiger partial charge on any atom is 0.341 e. The lowest BCUT2D eigenvalue weighted by atomic mass is 9.92. The molecule has 5 nitrogen and oxygen atoms in total. The number of hydrogen-bond acceptors (Lipinski definition) is 4. The second-order valence-electron chi connectivity index (χ2n) is 5.17. The number of hydrogen-bond donors (Lipinski definition) is 1. The molecule has 0 fully saturated rings. The van der Waals surface area contributed by atoms with Crippen LogP contribution in [0.25, 0.3) is 0 Å². The third-order valence-corrected chi connectivity index (χ3v) is 5.19. The highest BCUT2D eigenvalue weighted by Gasteiger charge is 2.38. The zero-order chi connectivity index (χ0) is 16.1. The van der Waals surface area contributed by atoms with Crippen LogP contribution in [0.5, 0.6) is 0 Å². The number of nitrogens with zero attached hydrogens (tertiary/aromatic N) is 1. The lowest BCUT2D eigenvalue weighted by Gasteiger charge is -2.28. The van der Waals surface area contributed by atoms with Gasteiger partial charge in [-0.25, -0.2) is 9.79 Å². The minimum Gasteiger partial charge on any atom is -0.465 e. The molecule has 1 aromatic heterocycles. The van der Waals surface area contributed by atoms with Crippen LogP contribution in [0.4, 0.5) is 4.79 Å². The molecular formula is C15H19BrN2O3S. The fourth-order valence-electron chi connectivity index (χ4n) is 2.37. The van der Waals surface area contributed by atoms with Crippen molar-refractivity contribution < 1.29 is 14.3 Å². The Morgan fingerprint density at radius 2 is 2.23 bits per heavy atom. The van der Waals surface area contributed by atoms with Crippen molar-refractivity contribution in [2.24, 2.45) is 10.9 Å². The van der Waals surface area contributed by atoms with Crippen LogP contribution in [-0.2, 0) is 9.53 Å². The predicted molar refractivity (Wildman–Crippen MR) is 90.4 cm³/mol. The van der Waals surface area contributed by atoms with E-state index in [1.165, 1.54) is 11.3 Å². The Morgan fingerprint density at radius 1 is 1.45 bits per heavy atom. The van der Waals surface area contributed by atoms with Crippen LogP contribution in [0.2, 0.25) is 0 Å². The van der Waals surface area contributed by atoms with Gasteiger partial charge in [0.2, 0.25) is 0 Å². The molecule has 2 amide bonds. The number of amides is 2. The molecule has 1 aromatic rings. The molecule has 120 valence electrons. The quantitative estimate of drug-likeness (QED) is 0.591. The van der Waals surface area contributed by atoms with E-state index < -0.39 is 18.0 Å². The van der Waals surface area contributed by atoms with E-state index in [1.54, 1.807) is 6.92 Å². The van der Waals surface area contributed by atoms with Crippen molar-refractivity contribution in [3.63, 3.8) is 0 Å². The standard InChI is InChI=1S/C15H19BrN2O3S/c1-3-4-5-8-21-14(19)12-9(2)17-15(20)18-13(12)10-6-7-11(16)22-10/h6-7,12-13H,3-5,8H2,1-2H3,(H,18,20). The number of halogens is 1. The molecule has 2 unspecified atom stereocenters. The Hall–Kier alpha value is -1.21. The monoisotopic (exact) mass is 386 g/mol. The first-order chi connectivity index (χ1) is 10.5. The summed E-state index contributed by atoms with van der Waals surface area (Å²) in [6, 6.07) is 2.97. The summed E-state index contributed by atoms with van der Waals surface area (Å²) in [5.74, 6) is -0.892. The molecule has 2 heterocycles. The first kappa shape index (κ1) is 17.1. The van der Waals surface area contributed by atoms with Gasteiger partial charge in [0.25, 0.3) is 0 Å². The van der Waals surface area contributed by atoms with Gasteiger partial charge in [0.05, 0.1) is 16.4 Å². The van der Waals surface area contributed by atoms with Gasteiger partial charge in [-0.05, 0) is 41.4 Å². The summed E-state index contributed by atoms with van der Waals surface area (Å²) in [4.78, 5) is 28.9. The number of thiophene rings is 1. The highest BCUT2D eigenvalue weighted by Crippen LogP contribution is 2.34. The fraction of sp³-hybridized carbons (Fsp3) is 0.533. The molecule has 7 heteroatoms. The molecule has 0 aromatic carbocycles. The van der Waals surface area contributed by atoms with Crippen LogP contribution in [0.15, 0.2) is 20.9 Å². The number of unbranched alkanes of at least 4 members (excludes halogenated alkanes) is 2. The molecule has 0 spiro atoms. The largest absolute Gasteiger partial charge is 0.465 e. The first-order valence-corrected chi connectivity index (χ1v) is 8.91. The SMILES string of the molecule is CCCCCOC(=O)C1C(C)=NC(=O)NC1c1ccc(Br)s1. The van der Waals surface area contributed by atoms with E-state index in [4.69, 9.17) is 4.74 Å². The number of ether oxygens (including phenoxy) is 1. The number of urea groups is 1. The van der Waals surface area contributed by atoms with Crippen molar-refractivity contribution in [2.75, 3.05) is 6.61 Å². The van der Waals surface area contributed by atoms with Crippen molar-refractivity contribution in [3.8, 4) is 0 Å². The normalized spacial score (nSPS) is 21.2. The topological polar surface area (TPSA) is 67.8 Å². The summed E-state index contributed by atoms with van der Waals surface area (Å²) >= 11 is 4.90. The Morgan fingerprint density at radius 3 is 2.86 bits per heavy atom. The van der Waals surface area contributed by atoms with Crippen molar-refractivity contribution in [1.29, 1.82) is 0 Å². The number of esters is 1. The molecule has 0 bridgehead atoms. The Kier molecular flexibility index (Phi) is 6.14. The molecular weight excluding hydrogens is 368 g/mol. The molecule has 22 heavy (non-hydrogen) atoms. The van der Waals surface area contributed by atoms with Gasteiger partial charge in [-0.15, -0.1) is 11.3 Å². The Labute approximate surface area is 142 Å². The lowest BCUT2D eigenvalue weighted by Crippen LogP contribution is -2.44. The second kappa shape index (κ2) is 7.87. The van der Waals surface area contributed by atoms with Gasteiger partial charge in [0.1, 0.15) is 5.92 Å². The first-order valence-electron chi connectivity index (χ1n) is 7.30. The fourth-order valence-corrected chi connectivity index (χ4v) is 3.88. The van der Waals surface area contributed by atoms with E-state index in [9.17, 15) is 9.59 Å². The summed E-state index contributed by atoms with van der Waals surface area (Å²) in [6.45, 7) is 4.21. The minimum atomic E-state index is -0.565. The van der Waals surface area contributed by atoms with Crippen LogP contribution in [-0.4, -0.2) is 24.3 Å². The molecule has 0 saturated carbocycles. The molecule has 0 aliphatic carbocycles. The maximum atomic E-state index is 12.4. The van der Waals surface area contributed by atoms with Gasteiger partial charge in [0, 0.05) is 10.6 Å². The van der Waals surface area contributed by atoms with Crippen molar-refractivity contribution in [3.05, 3.63) is 20.8 Å². The van der Waals surface area contributed by atoms with Crippen LogP contribution in [0.3, 0.4) is 0 Å². The molecule has 0 saturated heterocycles. The summed E-state index contributed by atoms with van der Waals surface area (Å²) in [6.07, 6.45) is 2.96. The number of aliphatic imine (C=N–C) groups is 1. The molecule has 2 atom stereocenters. The van der Waals surface area contributed by atoms with Gasteiger partial charge < -0.3 is 10.1 Å². The molecule has 1 aliphatic heterocycles. The average Bonchev–Trinajstić information content (AvgIpc) is 2.89. The van der Waals surface area contributed by atoms with Crippen LogP contribution < -0.4 is 5.32 Å². The molecule has 0 radical (unpaired) electrons. The second-order valence-corrected chi connectivity index (χ2v) is 7.67. The average molecular weight is 387 g/mol. The van der Waals surface area contributed by atoms with Gasteiger partial charge in [-0.2, -0.15) is 0 Å². The molecule has 1 N–H and O–H groups in total. The van der Waals surface area contributed by atoms with Crippen LogP contribution in [0.1, 0.15) is 44.0 Å². The van der Waals surface area contributed by atoms with Crippen molar-refractivity contribution in [1.82, 2.24) is 5.32 Å². The van der Waals surface area contributed by atoms with E-state index in [1.807, 2.05) is 12.1 Å². The molecule has 1 aliphatic rings. The van der Waals surface area contributed by atoms with E-state index in [0.717, 1.165) is 27.9 Å². The van der Waals surface area contributed by atoms with Gasteiger partial charge in [0.15, 0.2) is 0 Å². The van der Waals surface area contributed by atoms with Crippen molar-refractivity contribution in [2.45, 2.75) is 39.2 Å².